The molecule has 1 fully saturated rings. The third-order valence-electron chi connectivity index (χ3n) is 5.82. The monoisotopic (exact) mass is 430 g/mol. The van der Waals surface area contributed by atoms with Gasteiger partial charge in [0, 0.05) is 24.7 Å². The lowest BCUT2D eigenvalue weighted by molar-refractivity contribution is -0.137. The van der Waals surface area contributed by atoms with Crippen molar-refractivity contribution in [2.75, 3.05) is 18.4 Å². The van der Waals surface area contributed by atoms with E-state index in [0.29, 0.717) is 49.9 Å². The minimum Gasteiger partial charge on any atom is -0.344 e. The number of hydrogen-bond acceptors (Lipinski definition) is 4. The molecular weight excluding hydrogens is 392 g/mol. The molecule has 4 N–H and O–H groups in total. The van der Waals surface area contributed by atoms with Gasteiger partial charge in [-0.2, -0.15) is 0 Å². The van der Waals surface area contributed by atoms with E-state index >= 15 is 0 Å². The highest BCUT2D eigenvalue weighted by atomic mass is 16.2. The lowest BCUT2D eigenvalue weighted by atomic mass is 9.94. The highest BCUT2D eigenvalue weighted by molar-refractivity contribution is 5.97. The Hall–Kier alpha value is -2.41. The molecule has 2 rings (SSSR count). The molecule has 2 atom stereocenters. The zero-order valence-corrected chi connectivity index (χ0v) is 19.5. The predicted molar refractivity (Wildman–Crippen MR) is 123 cm³/mol. The van der Waals surface area contributed by atoms with Crippen LogP contribution >= 0.6 is 0 Å². The molecule has 0 radical (unpaired) electrons. The summed E-state index contributed by atoms with van der Waals surface area (Å²) in [5, 5.41) is 5.66. The molecule has 1 aliphatic heterocycles. The average Bonchev–Trinajstić information content (AvgIpc) is 2.73. The van der Waals surface area contributed by atoms with Gasteiger partial charge in [-0.1, -0.05) is 39.8 Å². The Kier molecular flexibility index (Phi) is 9.04. The number of nitrogens with zero attached hydrogens (tertiary/aromatic N) is 1. The summed E-state index contributed by atoms with van der Waals surface area (Å²) in [4.78, 5) is 39.3. The van der Waals surface area contributed by atoms with Crippen LogP contribution in [-0.2, 0) is 14.4 Å². The van der Waals surface area contributed by atoms with Gasteiger partial charge >= 0.3 is 0 Å². The first-order chi connectivity index (χ1) is 14.6. The third-order valence-corrected chi connectivity index (χ3v) is 5.82. The first-order valence-electron chi connectivity index (χ1n) is 11.3. The van der Waals surface area contributed by atoms with E-state index in [9.17, 15) is 14.4 Å². The summed E-state index contributed by atoms with van der Waals surface area (Å²) in [7, 11) is 0. The Balaban J connectivity index is 1.80. The molecular formula is C24H38N4O3. The van der Waals surface area contributed by atoms with Crippen LogP contribution in [0.2, 0.25) is 0 Å². The van der Waals surface area contributed by atoms with Crippen molar-refractivity contribution in [3.63, 3.8) is 0 Å². The fraction of sp³-hybridized carbons (Fsp3) is 0.625. The summed E-state index contributed by atoms with van der Waals surface area (Å²) >= 11 is 0. The quantitative estimate of drug-likeness (QED) is 0.590. The number of carbonyl (C=O) groups excluding carboxylic acids is 3. The summed E-state index contributed by atoms with van der Waals surface area (Å²) in [5.74, 6) is 0.155. The van der Waals surface area contributed by atoms with Gasteiger partial charge < -0.3 is 21.3 Å². The topological polar surface area (TPSA) is 105 Å². The molecule has 1 heterocycles. The van der Waals surface area contributed by atoms with Crippen LogP contribution < -0.4 is 16.4 Å². The molecule has 2 unspecified atom stereocenters. The van der Waals surface area contributed by atoms with E-state index in [2.05, 4.69) is 24.5 Å². The molecule has 3 amide bonds. The number of anilines is 1. The van der Waals surface area contributed by atoms with Crippen molar-refractivity contribution < 1.29 is 14.4 Å². The zero-order chi connectivity index (χ0) is 23.1. The minimum atomic E-state index is -0.642. The lowest BCUT2D eigenvalue weighted by Crippen LogP contribution is -2.50. The van der Waals surface area contributed by atoms with Gasteiger partial charge in [0.1, 0.15) is 6.04 Å². The van der Waals surface area contributed by atoms with E-state index in [4.69, 9.17) is 5.73 Å². The molecule has 0 bridgehead atoms. The molecule has 1 saturated heterocycles. The first kappa shape index (κ1) is 24.9. The highest BCUT2D eigenvalue weighted by Gasteiger charge is 2.30. The second kappa shape index (κ2) is 11.3. The second-order valence-corrected chi connectivity index (χ2v) is 9.33. The summed E-state index contributed by atoms with van der Waals surface area (Å²) in [6.45, 7) is 11.0. The summed E-state index contributed by atoms with van der Waals surface area (Å²) in [6.07, 6.45) is 1.82. The second-order valence-electron chi connectivity index (χ2n) is 9.33. The smallest absolute Gasteiger partial charge is 0.246 e. The molecule has 1 aromatic carbocycles. The van der Waals surface area contributed by atoms with E-state index in [1.807, 2.05) is 38.1 Å². The Morgan fingerprint density at radius 2 is 1.61 bits per heavy atom. The van der Waals surface area contributed by atoms with Crippen LogP contribution in [-0.4, -0.2) is 47.8 Å². The number of piperidine rings is 1. The maximum absolute atomic E-state index is 12.6. The minimum absolute atomic E-state index is 0.0382. The van der Waals surface area contributed by atoms with Crippen LogP contribution in [0.1, 0.15) is 65.4 Å². The molecule has 0 aliphatic carbocycles. The van der Waals surface area contributed by atoms with Crippen molar-refractivity contribution in [3.8, 4) is 0 Å². The van der Waals surface area contributed by atoms with Crippen LogP contribution in [0.4, 0.5) is 5.69 Å². The fourth-order valence-electron chi connectivity index (χ4n) is 3.80. The van der Waals surface area contributed by atoms with Crippen molar-refractivity contribution in [2.45, 2.75) is 71.9 Å². The maximum atomic E-state index is 12.6. The first-order valence-corrected chi connectivity index (χ1v) is 11.3. The van der Waals surface area contributed by atoms with Gasteiger partial charge in [0.25, 0.3) is 0 Å². The Bertz CT molecular complexity index is 753. The van der Waals surface area contributed by atoms with Gasteiger partial charge in [0.15, 0.2) is 0 Å². The highest BCUT2D eigenvalue weighted by Crippen LogP contribution is 2.20. The number of nitrogens with one attached hydrogen (secondary N) is 2. The van der Waals surface area contributed by atoms with E-state index in [1.54, 1.807) is 11.8 Å². The Labute approximate surface area is 186 Å². The number of rotatable bonds is 8. The number of benzene rings is 1. The van der Waals surface area contributed by atoms with Gasteiger partial charge in [0.2, 0.25) is 17.7 Å². The van der Waals surface area contributed by atoms with E-state index in [-0.39, 0.29) is 23.6 Å². The van der Waals surface area contributed by atoms with Crippen LogP contribution in [0.3, 0.4) is 0 Å². The molecule has 0 spiro atoms. The van der Waals surface area contributed by atoms with E-state index in [0.717, 1.165) is 0 Å². The number of hydrogen-bond donors (Lipinski definition) is 3. The zero-order valence-electron chi connectivity index (χ0n) is 19.5. The number of nitrogens with two attached hydrogens (primary N) is 1. The SMILES string of the molecule is CC(C)CC(N)C(=O)N1CCC(C(=O)NC(C)C(=O)Nc2ccc(C(C)C)cc2)CC1. The Morgan fingerprint density at radius 1 is 1.03 bits per heavy atom. The van der Waals surface area contributed by atoms with Crippen LogP contribution in [0.15, 0.2) is 24.3 Å². The normalized spacial score (nSPS) is 16.8. The summed E-state index contributed by atoms with van der Waals surface area (Å²) in [6, 6.07) is 6.61. The molecule has 7 heteroatoms. The van der Waals surface area contributed by atoms with E-state index in [1.165, 1.54) is 5.56 Å². The molecule has 1 aromatic rings. The van der Waals surface area contributed by atoms with Crippen LogP contribution in [0, 0.1) is 11.8 Å². The molecule has 0 saturated carbocycles. The van der Waals surface area contributed by atoms with Gasteiger partial charge in [0.05, 0.1) is 6.04 Å². The Morgan fingerprint density at radius 3 is 2.13 bits per heavy atom. The average molecular weight is 431 g/mol. The van der Waals surface area contributed by atoms with Crippen LogP contribution in [0.5, 0.6) is 0 Å². The van der Waals surface area contributed by atoms with Crippen molar-refractivity contribution in [1.82, 2.24) is 10.2 Å². The maximum Gasteiger partial charge on any atom is 0.246 e. The van der Waals surface area contributed by atoms with Gasteiger partial charge in [-0.05, 0) is 55.7 Å². The number of carbonyl (C=O) groups is 3. The van der Waals surface area contributed by atoms with Gasteiger partial charge in [-0.15, -0.1) is 0 Å². The van der Waals surface area contributed by atoms with Gasteiger partial charge in [-0.25, -0.2) is 0 Å². The van der Waals surface area contributed by atoms with Crippen LogP contribution in [0.25, 0.3) is 0 Å². The molecule has 0 aromatic heterocycles. The fourth-order valence-corrected chi connectivity index (χ4v) is 3.80. The number of likely N-dealkylation sites (tertiary alicyclic amines) is 1. The molecule has 172 valence electrons. The predicted octanol–water partition coefficient (Wildman–Crippen LogP) is 2.87. The van der Waals surface area contributed by atoms with Crippen molar-refractivity contribution >= 4 is 23.4 Å². The molecule has 1 aliphatic rings. The van der Waals surface area contributed by atoms with Crippen molar-refractivity contribution in [1.29, 1.82) is 0 Å². The van der Waals surface area contributed by atoms with Gasteiger partial charge in [-0.3, -0.25) is 14.4 Å². The van der Waals surface area contributed by atoms with E-state index < -0.39 is 12.1 Å². The summed E-state index contributed by atoms with van der Waals surface area (Å²) in [5.41, 5.74) is 7.93. The molecule has 31 heavy (non-hydrogen) atoms. The summed E-state index contributed by atoms with van der Waals surface area (Å²) < 4.78 is 0. The lowest BCUT2D eigenvalue weighted by Gasteiger charge is -2.33. The largest absolute Gasteiger partial charge is 0.344 e. The standard InChI is InChI=1S/C24H38N4O3/c1-15(2)14-21(25)24(31)28-12-10-19(11-13-28)23(30)26-17(5)22(29)27-20-8-6-18(7-9-20)16(3)4/h6-9,15-17,19,21H,10-14,25H2,1-5H3,(H,26,30)(H,27,29). The number of amides is 3. The third kappa shape index (κ3) is 7.35. The molecule has 7 nitrogen and oxygen atoms in total. The van der Waals surface area contributed by atoms with Crippen molar-refractivity contribution in [2.24, 2.45) is 17.6 Å². The van der Waals surface area contributed by atoms with Crippen molar-refractivity contribution in [3.05, 3.63) is 29.8 Å².